The van der Waals surface area contributed by atoms with Crippen LogP contribution in [0.2, 0.25) is 0 Å². The van der Waals surface area contributed by atoms with E-state index in [1.54, 1.807) is 12.1 Å². The zero-order valence-corrected chi connectivity index (χ0v) is 12.6. The first-order valence-electron chi connectivity index (χ1n) is 7.60. The predicted octanol–water partition coefficient (Wildman–Crippen LogP) is 2.38. The van der Waals surface area contributed by atoms with Crippen LogP contribution in [0.15, 0.2) is 47.7 Å². The minimum absolute atomic E-state index is 0.279. The third-order valence-corrected chi connectivity index (χ3v) is 4.40. The fraction of sp³-hybridized carbons (Fsp3) is 0.333. The Morgan fingerprint density at radius 2 is 1.82 bits per heavy atom. The SMILES string of the molecule is CC(CCc1ccc(O)cc1)N1CCC2=CC(=O)C(=O)C=C21. The molecule has 1 atom stereocenters. The van der Waals surface area contributed by atoms with E-state index >= 15 is 0 Å². The van der Waals surface area contributed by atoms with Crippen molar-refractivity contribution in [2.45, 2.75) is 32.2 Å². The molecule has 22 heavy (non-hydrogen) atoms. The van der Waals surface area contributed by atoms with Gasteiger partial charge in [-0.05, 0) is 55.5 Å². The third-order valence-electron chi connectivity index (χ3n) is 4.40. The van der Waals surface area contributed by atoms with Crippen molar-refractivity contribution < 1.29 is 14.7 Å². The van der Waals surface area contributed by atoms with Crippen molar-refractivity contribution in [3.63, 3.8) is 0 Å². The van der Waals surface area contributed by atoms with Gasteiger partial charge < -0.3 is 10.0 Å². The number of rotatable bonds is 4. The number of phenolic OH excluding ortho intramolecular Hbond substituents is 1. The first-order chi connectivity index (χ1) is 10.5. The number of aryl methyl sites for hydroxylation is 1. The van der Waals surface area contributed by atoms with Crippen LogP contribution in [0.25, 0.3) is 0 Å². The van der Waals surface area contributed by atoms with Crippen LogP contribution in [0.3, 0.4) is 0 Å². The maximum Gasteiger partial charge on any atom is 0.227 e. The molecule has 0 bridgehead atoms. The molecular weight excluding hydrogens is 278 g/mol. The van der Waals surface area contributed by atoms with Gasteiger partial charge in [-0.15, -0.1) is 0 Å². The molecule has 0 aromatic heterocycles. The lowest BCUT2D eigenvalue weighted by Crippen LogP contribution is -2.31. The van der Waals surface area contributed by atoms with Crippen LogP contribution in [0.1, 0.15) is 25.3 Å². The number of aromatic hydroxyl groups is 1. The Hall–Kier alpha value is -2.36. The summed E-state index contributed by atoms with van der Waals surface area (Å²) in [6, 6.07) is 7.56. The standard InChI is InChI=1S/C18H19NO3/c1-12(2-3-13-4-6-15(20)7-5-13)19-9-8-14-10-17(21)18(22)11-16(14)19/h4-7,10-12,20H,2-3,8-9H2,1H3. The van der Waals surface area contributed by atoms with Crippen LogP contribution in [-0.2, 0) is 16.0 Å². The maximum atomic E-state index is 11.6. The Kier molecular flexibility index (Phi) is 3.84. The first-order valence-corrected chi connectivity index (χ1v) is 7.60. The molecule has 1 heterocycles. The highest BCUT2D eigenvalue weighted by atomic mass is 16.3. The molecule has 0 saturated carbocycles. The molecule has 1 N–H and O–H groups in total. The second kappa shape index (κ2) is 5.79. The van der Waals surface area contributed by atoms with Gasteiger partial charge >= 0.3 is 0 Å². The number of benzene rings is 1. The molecule has 1 aliphatic carbocycles. The minimum Gasteiger partial charge on any atom is -0.508 e. The lowest BCUT2D eigenvalue weighted by Gasteiger charge is -2.28. The number of carbonyl (C=O) groups excluding carboxylic acids is 2. The molecule has 1 aromatic rings. The topological polar surface area (TPSA) is 57.6 Å². The lowest BCUT2D eigenvalue weighted by molar-refractivity contribution is -0.131. The molecule has 1 fully saturated rings. The van der Waals surface area contributed by atoms with Crippen LogP contribution >= 0.6 is 0 Å². The van der Waals surface area contributed by atoms with Crippen LogP contribution in [0, 0.1) is 0 Å². The molecule has 4 heteroatoms. The number of fused-ring (bicyclic) bond motifs is 1. The fourth-order valence-corrected chi connectivity index (χ4v) is 3.07. The Balaban J connectivity index is 1.66. The number of hydrogen-bond donors (Lipinski definition) is 1. The quantitative estimate of drug-likeness (QED) is 0.685. The highest BCUT2D eigenvalue weighted by Gasteiger charge is 2.31. The molecular formula is C18H19NO3. The van der Waals surface area contributed by atoms with E-state index in [2.05, 4.69) is 11.8 Å². The lowest BCUT2D eigenvalue weighted by atomic mass is 10.0. The summed E-state index contributed by atoms with van der Waals surface area (Å²) >= 11 is 0. The number of allylic oxidation sites excluding steroid dienone is 3. The Morgan fingerprint density at radius 3 is 2.55 bits per heavy atom. The molecule has 0 radical (unpaired) electrons. The second-order valence-corrected chi connectivity index (χ2v) is 5.93. The van der Waals surface area contributed by atoms with E-state index in [0.717, 1.165) is 37.1 Å². The normalized spacial score (nSPS) is 18.9. The maximum absolute atomic E-state index is 11.6. The molecule has 1 unspecified atom stereocenters. The van der Waals surface area contributed by atoms with Gasteiger partial charge in [-0.1, -0.05) is 12.1 Å². The third kappa shape index (κ3) is 2.82. The number of carbonyl (C=O) groups is 2. The number of phenols is 1. The van der Waals surface area contributed by atoms with E-state index in [-0.39, 0.29) is 5.75 Å². The van der Waals surface area contributed by atoms with Crippen molar-refractivity contribution in [2.24, 2.45) is 0 Å². The summed E-state index contributed by atoms with van der Waals surface area (Å²) in [6.07, 6.45) is 5.68. The average molecular weight is 297 g/mol. The van der Waals surface area contributed by atoms with Crippen LogP contribution in [-0.4, -0.2) is 34.2 Å². The molecule has 0 spiro atoms. The van der Waals surface area contributed by atoms with E-state index in [1.165, 1.54) is 17.7 Å². The Bertz CT molecular complexity index is 670. The van der Waals surface area contributed by atoms with Gasteiger partial charge in [0.1, 0.15) is 5.75 Å². The molecule has 114 valence electrons. The van der Waals surface area contributed by atoms with Crippen molar-refractivity contribution >= 4 is 11.6 Å². The number of likely N-dealkylation sites (tertiary alicyclic amines) is 1. The summed E-state index contributed by atoms with van der Waals surface area (Å²) in [5.41, 5.74) is 3.09. The van der Waals surface area contributed by atoms with E-state index in [1.807, 2.05) is 12.1 Å². The van der Waals surface area contributed by atoms with Crippen molar-refractivity contribution in [3.8, 4) is 5.75 Å². The van der Waals surface area contributed by atoms with Gasteiger partial charge in [0.05, 0.1) is 0 Å². The second-order valence-electron chi connectivity index (χ2n) is 5.93. The summed E-state index contributed by atoms with van der Waals surface area (Å²) in [5, 5.41) is 9.30. The zero-order chi connectivity index (χ0) is 15.7. The van der Waals surface area contributed by atoms with Gasteiger partial charge in [-0.25, -0.2) is 0 Å². The van der Waals surface area contributed by atoms with Gasteiger partial charge in [-0.3, -0.25) is 9.59 Å². The van der Waals surface area contributed by atoms with E-state index < -0.39 is 11.6 Å². The monoisotopic (exact) mass is 297 g/mol. The highest BCUT2D eigenvalue weighted by Crippen LogP contribution is 2.32. The Labute approximate surface area is 129 Å². The van der Waals surface area contributed by atoms with Crippen LogP contribution in [0.4, 0.5) is 0 Å². The molecule has 0 amide bonds. The van der Waals surface area contributed by atoms with Crippen LogP contribution in [0.5, 0.6) is 5.75 Å². The summed E-state index contributed by atoms with van der Waals surface area (Å²) < 4.78 is 0. The molecule has 1 aromatic carbocycles. The molecule has 2 aliphatic rings. The highest BCUT2D eigenvalue weighted by molar-refractivity contribution is 6.46. The molecule has 1 aliphatic heterocycles. The first kappa shape index (κ1) is 14.6. The van der Waals surface area contributed by atoms with Gasteiger partial charge in [0.2, 0.25) is 11.6 Å². The number of ketones is 2. The van der Waals surface area contributed by atoms with Gasteiger partial charge in [0.15, 0.2) is 0 Å². The van der Waals surface area contributed by atoms with Gasteiger partial charge in [-0.2, -0.15) is 0 Å². The predicted molar refractivity (Wildman–Crippen MR) is 83.4 cm³/mol. The average Bonchev–Trinajstić information content (AvgIpc) is 2.90. The van der Waals surface area contributed by atoms with Gasteiger partial charge in [0.25, 0.3) is 0 Å². The molecule has 1 saturated heterocycles. The van der Waals surface area contributed by atoms with Gasteiger partial charge in [0, 0.05) is 24.4 Å². The van der Waals surface area contributed by atoms with E-state index in [9.17, 15) is 14.7 Å². The van der Waals surface area contributed by atoms with Crippen molar-refractivity contribution in [2.75, 3.05) is 6.54 Å². The summed E-state index contributed by atoms with van der Waals surface area (Å²) in [4.78, 5) is 25.3. The largest absolute Gasteiger partial charge is 0.508 e. The minimum atomic E-state index is -0.420. The summed E-state index contributed by atoms with van der Waals surface area (Å²) in [6.45, 7) is 3.00. The van der Waals surface area contributed by atoms with Crippen molar-refractivity contribution in [1.82, 2.24) is 4.90 Å². The van der Waals surface area contributed by atoms with Crippen LogP contribution < -0.4 is 0 Å². The molecule has 4 nitrogen and oxygen atoms in total. The Morgan fingerprint density at radius 1 is 1.14 bits per heavy atom. The van der Waals surface area contributed by atoms with Crippen molar-refractivity contribution in [3.05, 3.63) is 53.3 Å². The van der Waals surface area contributed by atoms with E-state index in [4.69, 9.17) is 0 Å². The zero-order valence-electron chi connectivity index (χ0n) is 12.6. The van der Waals surface area contributed by atoms with E-state index in [0.29, 0.717) is 6.04 Å². The fourth-order valence-electron chi connectivity index (χ4n) is 3.07. The number of hydrogen-bond acceptors (Lipinski definition) is 4. The summed E-state index contributed by atoms with van der Waals surface area (Å²) in [7, 11) is 0. The summed E-state index contributed by atoms with van der Waals surface area (Å²) in [5.74, 6) is -0.546. The van der Waals surface area contributed by atoms with Crippen molar-refractivity contribution in [1.29, 1.82) is 0 Å². The molecule has 3 rings (SSSR count). The smallest absolute Gasteiger partial charge is 0.227 e. The number of nitrogens with zero attached hydrogens (tertiary/aromatic N) is 1.